The number of amides is 1. The Balaban J connectivity index is 1.72. The van der Waals surface area contributed by atoms with Crippen LogP contribution >= 0.6 is 0 Å². The highest BCUT2D eigenvalue weighted by molar-refractivity contribution is 5.86. The number of rotatable bonds is 5. The summed E-state index contributed by atoms with van der Waals surface area (Å²) in [5, 5.41) is 11.6. The van der Waals surface area contributed by atoms with Crippen LogP contribution in [-0.2, 0) is 16.0 Å². The fourth-order valence-corrected chi connectivity index (χ4v) is 2.00. The number of aliphatic carboxylic acids is 1. The highest BCUT2D eigenvalue weighted by Gasteiger charge is 2.41. The number of hydrogen-bond acceptors (Lipinski definition) is 3. The summed E-state index contributed by atoms with van der Waals surface area (Å²) in [4.78, 5) is 22.4. The number of nitrogens with one attached hydrogen (secondary N) is 1. The van der Waals surface area contributed by atoms with Gasteiger partial charge in [-0.25, -0.2) is 0 Å². The molecule has 1 heterocycles. The van der Waals surface area contributed by atoms with Gasteiger partial charge in [-0.15, -0.1) is 0 Å². The van der Waals surface area contributed by atoms with E-state index in [2.05, 4.69) is 5.32 Å². The molecule has 1 fully saturated rings. The van der Waals surface area contributed by atoms with Crippen molar-refractivity contribution in [3.8, 4) is 0 Å². The summed E-state index contributed by atoms with van der Waals surface area (Å²) in [7, 11) is 0. The summed E-state index contributed by atoms with van der Waals surface area (Å²) in [6.45, 7) is 0.481. The van der Waals surface area contributed by atoms with Crippen molar-refractivity contribution in [3.05, 3.63) is 24.2 Å². The molecule has 1 aromatic rings. The van der Waals surface area contributed by atoms with E-state index in [1.165, 1.54) is 0 Å². The lowest BCUT2D eigenvalue weighted by molar-refractivity contribution is -0.152. The van der Waals surface area contributed by atoms with Crippen molar-refractivity contribution in [2.75, 3.05) is 6.54 Å². The van der Waals surface area contributed by atoms with Gasteiger partial charge in [0.05, 0.1) is 18.1 Å². The van der Waals surface area contributed by atoms with Crippen LogP contribution in [0, 0.1) is 11.8 Å². The quantitative estimate of drug-likeness (QED) is 0.802. The highest BCUT2D eigenvalue weighted by Crippen LogP contribution is 2.34. The predicted molar refractivity (Wildman–Crippen MR) is 59.3 cm³/mol. The minimum Gasteiger partial charge on any atom is -0.481 e. The Hall–Kier alpha value is -1.78. The van der Waals surface area contributed by atoms with Gasteiger partial charge in [0.15, 0.2) is 0 Å². The van der Waals surface area contributed by atoms with Crippen molar-refractivity contribution < 1.29 is 19.1 Å². The first-order chi connectivity index (χ1) is 8.18. The van der Waals surface area contributed by atoms with Crippen LogP contribution in [0.25, 0.3) is 0 Å². The molecule has 1 aliphatic carbocycles. The molecule has 0 aliphatic heterocycles. The molecule has 1 amide bonds. The molecule has 17 heavy (non-hydrogen) atoms. The molecule has 1 saturated carbocycles. The van der Waals surface area contributed by atoms with Gasteiger partial charge in [-0.2, -0.15) is 0 Å². The van der Waals surface area contributed by atoms with Crippen LogP contribution in [0.15, 0.2) is 22.8 Å². The largest absolute Gasteiger partial charge is 0.481 e. The first-order valence-corrected chi connectivity index (χ1v) is 5.71. The van der Waals surface area contributed by atoms with Crippen molar-refractivity contribution in [3.63, 3.8) is 0 Å². The fourth-order valence-electron chi connectivity index (χ4n) is 2.00. The Morgan fingerprint density at radius 2 is 2.18 bits per heavy atom. The van der Waals surface area contributed by atoms with Crippen molar-refractivity contribution in [2.24, 2.45) is 11.8 Å². The molecule has 5 nitrogen and oxygen atoms in total. The van der Waals surface area contributed by atoms with E-state index in [9.17, 15) is 9.59 Å². The number of carbonyl (C=O) groups is 2. The number of hydrogen-bond donors (Lipinski definition) is 2. The summed E-state index contributed by atoms with van der Waals surface area (Å²) in [5.74, 6) is -1.07. The Morgan fingerprint density at radius 1 is 1.41 bits per heavy atom. The molecule has 0 aromatic carbocycles. The highest BCUT2D eigenvalue weighted by atomic mass is 16.4. The van der Waals surface area contributed by atoms with Crippen LogP contribution in [-0.4, -0.2) is 23.5 Å². The second-order valence-corrected chi connectivity index (χ2v) is 4.25. The molecular weight excluding hydrogens is 222 g/mol. The predicted octanol–water partition coefficient (Wildman–Crippen LogP) is 1.05. The average Bonchev–Trinajstić information content (AvgIpc) is 2.67. The minimum atomic E-state index is -0.873. The standard InChI is InChI=1S/C12H15NO4/c14-11(9-3-4-10(9)12(15)16)13-6-5-8-2-1-7-17-8/h1-2,7,9-10H,3-6H2,(H,13,14)(H,15,16). The van der Waals surface area contributed by atoms with E-state index in [4.69, 9.17) is 9.52 Å². The Kier molecular flexibility index (Phi) is 3.46. The maximum Gasteiger partial charge on any atom is 0.307 e. The summed E-state index contributed by atoms with van der Waals surface area (Å²) >= 11 is 0. The zero-order chi connectivity index (χ0) is 12.3. The third-order valence-corrected chi connectivity index (χ3v) is 3.18. The van der Waals surface area contributed by atoms with Gasteiger partial charge >= 0.3 is 5.97 Å². The molecule has 1 aliphatic rings. The van der Waals surface area contributed by atoms with E-state index < -0.39 is 11.9 Å². The maximum atomic E-state index is 11.7. The molecule has 0 radical (unpaired) electrons. The molecule has 0 saturated heterocycles. The van der Waals surface area contributed by atoms with E-state index in [1.54, 1.807) is 12.3 Å². The van der Waals surface area contributed by atoms with Gasteiger partial charge in [0, 0.05) is 13.0 Å². The number of furan rings is 1. The molecule has 1 aromatic heterocycles. The van der Waals surface area contributed by atoms with Gasteiger partial charge in [-0.1, -0.05) is 0 Å². The number of carboxylic acid groups (broad SMARTS) is 1. The van der Waals surface area contributed by atoms with Gasteiger partial charge < -0.3 is 14.8 Å². The second kappa shape index (κ2) is 5.03. The lowest BCUT2D eigenvalue weighted by Crippen LogP contribution is -2.44. The zero-order valence-electron chi connectivity index (χ0n) is 9.39. The third kappa shape index (κ3) is 2.67. The van der Waals surface area contributed by atoms with E-state index in [0.717, 1.165) is 5.76 Å². The maximum absolute atomic E-state index is 11.7. The molecular formula is C12H15NO4. The number of carboxylic acids is 1. The van der Waals surface area contributed by atoms with Gasteiger partial charge in [0.1, 0.15) is 5.76 Å². The van der Waals surface area contributed by atoms with Crippen LogP contribution in [0.2, 0.25) is 0 Å². The molecule has 0 spiro atoms. The summed E-state index contributed by atoms with van der Waals surface area (Å²) in [6, 6.07) is 3.64. The van der Waals surface area contributed by atoms with E-state index >= 15 is 0 Å². The lowest BCUT2D eigenvalue weighted by Gasteiger charge is -2.31. The zero-order valence-corrected chi connectivity index (χ0v) is 9.39. The van der Waals surface area contributed by atoms with Crippen LogP contribution in [0.5, 0.6) is 0 Å². The molecule has 2 atom stereocenters. The van der Waals surface area contributed by atoms with Gasteiger partial charge in [-0.05, 0) is 25.0 Å². The molecule has 2 N–H and O–H groups in total. The topological polar surface area (TPSA) is 79.5 Å². The Bertz CT molecular complexity index is 399. The van der Waals surface area contributed by atoms with Crippen molar-refractivity contribution >= 4 is 11.9 Å². The molecule has 5 heteroatoms. The number of carbonyl (C=O) groups excluding carboxylic acids is 1. The fraction of sp³-hybridized carbons (Fsp3) is 0.500. The van der Waals surface area contributed by atoms with Gasteiger partial charge in [0.2, 0.25) is 5.91 Å². The molecule has 92 valence electrons. The third-order valence-electron chi connectivity index (χ3n) is 3.18. The van der Waals surface area contributed by atoms with E-state index in [1.807, 2.05) is 6.07 Å². The first-order valence-electron chi connectivity index (χ1n) is 5.71. The van der Waals surface area contributed by atoms with Crippen molar-refractivity contribution in [2.45, 2.75) is 19.3 Å². The van der Waals surface area contributed by atoms with Crippen molar-refractivity contribution in [1.82, 2.24) is 5.32 Å². The monoisotopic (exact) mass is 237 g/mol. The van der Waals surface area contributed by atoms with Crippen LogP contribution in [0.1, 0.15) is 18.6 Å². The summed E-state index contributed by atoms with van der Waals surface area (Å²) < 4.78 is 5.13. The Morgan fingerprint density at radius 3 is 2.71 bits per heavy atom. The van der Waals surface area contributed by atoms with Gasteiger partial charge in [0.25, 0.3) is 0 Å². The molecule has 2 rings (SSSR count). The van der Waals surface area contributed by atoms with Gasteiger partial charge in [-0.3, -0.25) is 9.59 Å². The lowest BCUT2D eigenvalue weighted by atomic mass is 9.73. The normalized spacial score (nSPS) is 22.8. The van der Waals surface area contributed by atoms with Crippen LogP contribution in [0.3, 0.4) is 0 Å². The van der Waals surface area contributed by atoms with E-state index in [-0.39, 0.29) is 11.8 Å². The summed E-state index contributed by atoms with van der Waals surface area (Å²) in [5.41, 5.74) is 0. The molecule has 2 unspecified atom stereocenters. The SMILES string of the molecule is O=C(O)C1CCC1C(=O)NCCc1ccco1. The smallest absolute Gasteiger partial charge is 0.307 e. The minimum absolute atomic E-state index is 0.157. The summed E-state index contributed by atoms with van der Waals surface area (Å²) in [6.07, 6.45) is 3.49. The first kappa shape index (κ1) is 11.7. The van der Waals surface area contributed by atoms with E-state index in [0.29, 0.717) is 25.8 Å². The second-order valence-electron chi connectivity index (χ2n) is 4.25. The molecule has 0 bridgehead atoms. The van der Waals surface area contributed by atoms with Crippen molar-refractivity contribution in [1.29, 1.82) is 0 Å². The van der Waals surface area contributed by atoms with Crippen LogP contribution in [0.4, 0.5) is 0 Å². The Labute approximate surface area is 98.8 Å². The average molecular weight is 237 g/mol. The van der Waals surface area contributed by atoms with Crippen LogP contribution < -0.4 is 5.32 Å².